The van der Waals surface area contributed by atoms with E-state index in [1.165, 1.54) is 25.1 Å². The van der Waals surface area contributed by atoms with Crippen LogP contribution in [0.1, 0.15) is 15.4 Å². The predicted molar refractivity (Wildman–Crippen MR) is 98.4 cm³/mol. The second-order valence-electron chi connectivity index (χ2n) is 5.44. The number of thiazole rings is 1. The Balaban J connectivity index is 1.79. The largest absolute Gasteiger partial charge is 0.321 e. The lowest BCUT2D eigenvalue weighted by molar-refractivity contribution is 0.102. The number of hydrogen-bond acceptors (Lipinski definition) is 5. The van der Waals surface area contributed by atoms with E-state index in [4.69, 9.17) is 0 Å². The van der Waals surface area contributed by atoms with E-state index in [-0.39, 0.29) is 20.6 Å². The van der Waals surface area contributed by atoms with Crippen molar-refractivity contribution in [2.24, 2.45) is 0 Å². The average Bonchev–Trinajstić information content (AvgIpc) is 2.98. The summed E-state index contributed by atoms with van der Waals surface area (Å²) >= 11 is 0.834. The van der Waals surface area contributed by atoms with Gasteiger partial charge in [-0.25, -0.2) is 22.2 Å². The van der Waals surface area contributed by atoms with Crippen molar-refractivity contribution in [3.8, 4) is 0 Å². The Hall–Kier alpha value is -2.85. The maximum Gasteiger partial charge on any atom is 0.267 e. The SMILES string of the molecule is Cc1nc(NS(=O)(=O)c2ccccc2)sc1C(=O)Nc1ccc(F)c(F)c1. The van der Waals surface area contributed by atoms with Gasteiger partial charge in [-0.05, 0) is 31.2 Å². The van der Waals surface area contributed by atoms with Gasteiger partial charge in [-0.2, -0.15) is 0 Å². The summed E-state index contributed by atoms with van der Waals surface area (Å²) in [5.74, 6) is -2.73. The molecule has 0 atom stereocenters. The molecule has 6 nitrogen and oxygen atoms in total. The molecule has 1 aromatic heterocycles. The Morgan fingerprint density at radius 3 is 2.44 bits per heavy atom. The summed E-state index contributed by atoms with van der Waals surface area (Å²) in [7, 11) is -3.84. The van der Waals surface area contributed by atoms with Gasteiger partial charge in [-0.15, -0.1) is 0 Å². The summed E-state index contributed by atoms with van der Waals surface area (Å²) in [6, 6.07) is 10.7. The van der Waals surface area contributed by atoms with Crippen molar-refractivity contribution in [1.82, 2.24) is 4.98 Å². The van der Waals surface area contributed by atoms with Gasteiger partial charge in [0.05, 0.1) is 10.6 Å². The van der Waals surface area contributed by atoms with E-state index in [0.717, 1.165) is 23.5 Å². The number of halogens is 2. The number of hydrogen-bond donors (Lipinski definition) is 2. The lowest BCUT2D eigenvalue weighted by atomic mass is 10.3. The second kappa shape index (κ2) is 7.41. The topological polar surface area (TPSA) is 88.2 Å². The molecule has 0 saturated heterocycles. The normalized spacial score (nSPS) is 11.2. The third-order valence-electron chi connectivity index (χ3n) is 3.46. The first-order valence-corrected chi connectivity index (χ1v) is 9.88. The molecule has 0 aliphatic heterocycles. The lowest BCUT2D eigenvalue weighted by Crippen LogP contribution is -2.12. The fourth-order valence-corrected chi connectivity index (χ4v) is 4.30. The highest BCUT2D eigenvalue weighted by Gasteiger charge is 2.20. The third kappa shape index (κ3) is 4.29. The monoisotopic (exact) mass is 409 g/mol. The zero-order valence-electron chi connectivity index (χ0n) is 13.9. The van der Waals surface area contributed by atoms with Crippen LogP contribution in [0.15, 0.2) is 53.4 Å². The van der Waals surface area contributed by atoms with Crippen molar-refractivity contribution in [1.29, 1.82) is 0 Å². The first-order valence-electron chi connectivity index (χ1n) is 7.58. The lowest BCUT2D eigenvalue weighted by Gasteiger charge is -2.05. The number of aryl methyl sites for hydroxylation is 1. The number of aromatic nitrogens is 1. The third-order valence-corrected chi connectivity index (χ3v) is 6.01. The van der Waals surface area contributed by atoms with Crippen molar-refractivity contribution in [3.05, 3.63) is 70.7 Å². The van der Waals surface area contributed by atoms with Crippen molar-refractivity contribution in [2.75, 3.05) is 10.0 Å². The number of anilines is 2. The van der Waals surface area contributed by atoms with Crippen LogP contribution in [0.2, 0.25) is 0 Å². The zero-order valence-corrected chi connectivity index (χ0v) is 15.5. The molecular formula is C17H13F2N3O3S2. The molecule has 0 aliphatic rings. The number of amides is 1. The highest BCUT2D eigenvalue weighted by atomic mass is 32.2. The molecule has 140 valence electrons. The number of rotatable bonds is 5. The Morgan fingerprint density at radius 1 is 1.07 bits per heavy atom. The number of nitrogens with zero attached hydrogens (tertiary/aromatic N) is 1. The number of benzene rings is 2. The molecule has 10 heteroatoms. The molecule has 0 aliphatic carbocycles. The van der Waals surface area contributed by atoms with Crippen LogP contribution in [0, 0.1) is 18.6 Å². The fourth-order valence-electron chi connectivity index (χ4n) is 2.19. The maximum atomic E-state index is 13.2. The van der Waals surface area contributed by atoms with Gasteiger partial charge >= 0.3 is 0 Å². The molecule has 1 amide bonds. The molecule has 0 unspecified atom stereocenters. The van der Waals surface area contributed by atoms with Crippen LogP contribution in [0.5, 0.6) is 0 Å². The molecule has 2 N–H and O–H groups in total. The summed E-state index contributed by atoms with van der Waals surface area (Å²) in [5.41, 5.74) is 0.365. The molecule has 0 spiro atoms. The van der Waals surface area contributed by atoms with Crippen LogP contribution < -0.4 is 10.0 Å². The molecule has 3 rings (SSSR count). The summed E-state index contributed by atoms with van der Waals surface area (Å²) in [6.45, 7) is 1.54. The van der Waals surface area contributed by atoms with Gasteiger partial charge in [0, 0.05) is 11.8 Å². The molecule has 0 saturated carbocycles. The Bertz CT molecular complexity index is 1100. The first-order chi connectivity index (χ1) is 12.8. The van der Waals surface area contributed by atoms with Crippen molar-refractivity contribution in [2.45, 2.75) is 11.8 Å². The van der Waals surface area contributed by atoms with Gasteiger partial charge in [0.25, 0.3) is 15.9 Å². The van der Waals surface area contributed by atoms with E-state index >= 15 is 0 Å². The van der Waals surface area contributed by atoms with E-state index in [2.05, 4.69) is 15.0 Å². The Morgan fingerprint density at radius 2 is 1.78 bits per heavy atom. The van der Waals surface area contributed by atoms with Crippen LogP contribution in [0.3, 0.4) is 0 Å². The minimum absolute atomic E-state index is 0.0202. The maximum absolute atomic E-state index is 13.2. The molecular weight excluding hydrogens is 396 g/mol. The van der Waals surface area contributed by atoms with Crippen molar-refractivity contribution >= 4 is 38.1 Å². The van der Waals surface area contributed by atoms with Gasteiger partial charge in [-0.3, -0.25) is 9.52 Å². The van der Waals surface area contributed by atoms with Gasteiger partial charge in [0.1, 0.15) is 4.88 Å². The standard InChI is InChI=1S/C17H13F2N3O3S2/c1-10-15(16(23)21-11-7-8-13(18)14(19)9-11)26-17(20-10)22-27(24,25)12-5-3-2-4-6-12/h2-9H,1H3,(H,20,22)(H,21,23). The van der Waals surface area contributed by atoms with E-state index in [1.54, 1.807) is 18.2 Å². The van der Waals surface area contributed by atoms with Gasteiger partial charge in [0.15, 0.2) is 16.8 Å². The van der Waals surface area contributed by atoms with Crippen LogP contribution in [-0.4, -0.2) is 19.3 Å². The summed E-state index contributed by atoms with van der Waals surface area (Å²) < 4.78 is 53.2. The number of sulfonamides is 1. The average molecular weight is 409 g/mol. The second-order valence-corrected chi connectivity index (χ2v) is 8.12. The highest BCUT2D eigenvalue weighted by Crippen LogP contribution is 2.26. The number of nitrogens with one attached hydrogen (secondary N) is 2. The Labute approximate surface area is 157 Å². The number of carbonyl (C=O) groups excluding carboxylic acids is 1. The molecule has 0 bridgehead atoms. The van der Waals surface area contributed by atoms with Gasteiger partial charge in [-0.1, -0.05) is 29.5 Å². The summed E-state index contributed by atoms with van der Waals surface area (Å²) in [5, 5.41) is 2.44. The quantitative estimate of drug-likeness (QED) is 0.671. The van der Waals surface area contributed by atoms with E-state index < -0.39 is 27.6 Å². The molecule has 0 fully saturated rings. The molecule has 2 aromatic carbocycles. The number of carbonyl (C=O) groups is 1. The van der Waals surface area contributed by atoms with Crippen molar-refractivity contribution in [3.63, 3.8) is 0 Å². The fraction of sp³-hybridized carbons (Fsp3) is 0.0588. The zero-order chi connectivity index (χ0) is 19.6. The van der Waals surface area contributed by atoms with Crippen LogP contribution in [0.25, 0.3) is 0 Å². The van der Waals surface area contributed by atoms with E-state index in [9.17, 15) is 22.0 Å². The van der Waals surface area contributed by atoms with E-state index in [0.29, 0.717) is 5.69 Å². The van der Waals surface area contributed by atoms with E-state index in [1.807, 2.05) is 0 Å². The van der Waals surface area contributed by atoms with Gasteiger partial charge in [0.2, 0.25) is 0 Å². The molecule has 27 heavy (non-hydrogen) atoms. The van der Waals surface area contributed by atoms with Crippen LogP contribution in [0.4, 0.5) is 19.6 Å². The molecule has 0 radical (unpaired) electrons. The smallest absolute Gasteiger partial charge is 0.267 e. The van der Waals surface area contributed by atoms with Crippen molar-refractivity contribution < 1.29 is 22.0 Å². The summed E-state index contributed by atoms with van der Waals surface area (Å²) in [6.07, 6.45) is 0. The molecule has 1 heterocycles. The van der Waals surface area contributed by atoms with Crippen LogP contribution >= 0.6 is 11.3 Å². The van der Waals surface area contributed by atoms with Gasteiger partial charge < -0.3 is 5.32 Å². The van der Waals surface area contributed by atoms with Crippen LogP contribution in [-0.2, 0) is 10.0 Å². The highest BCUT2D eigenvalue weighted by molar-refractivity contribution is 7.93. The Kier molecular flexibility index (Phi) is 5.19. The minimum atomic E-state index is -3.84. The first kappa shape index (κ1) is 18.9. The summed E-state index contributed by atoms with van der Waals surface area (Å²) in [4.78, 5) is 16.6. The minimum Gasteiger partial charge on any atom is -0.321 e. The molecule has 3 aromatic rings. The predicted octanol–water partition coefficient (Wildman–Crippen LogP) is 3.78.